The molecule has 1 fully saturated rings. The zero-order valence-corrected chi connectivity index (χ0v) is 13.3. The molecule has 116 valence electrons. The van der Waals surface area contributed by atoms with Gasteiger partial charge in [0.15, 0.2) is 0 Å². The minimum Gasteiger partial charge on any atom is -0.370 e. The topological polar surface area (TPSA) is 78.9 Å². The molecule has 3 N–H and O–H groups in total. The highest BCUT2D eigenvalue weighted by Crippen LogP contribution is 2.22. The van der Waals surface area contributed by atoms with E-state index in [4.69, 9.17) is 0 Å². The number of anilines is 2. The maximum absolute atomic E-state index is 11.2. The molecule has 6 nitrogen and oxygen atoms in total. The zero-order valence-electron chi connectivity index (χ0n) is 13.3. The van der Waals surface area contributed by atoms with Gasteiger partial charge in [-0.1, -0.05) is 20.8 Å². The van der Waals surface area contributed by atoms with Crippen LogP contribution in [0, 0.1) is 0 Å². The van der Waals surface area contributed by atoms with Crippen molar-refractivity contribution >= 4 is 17.5 Å². The summed E-state index contributed by atoms with van der Waals surface area (Å²) in [6, 6.07) is 2.10. The number of nitrogens with zero attached hydrogens (tertiary/aromatic N) is 2. The van der Waals surface area contributed by atoms with E-state index < -0.39 is 0 Å². The standard InChI is InChI=1S/C15H25N5O/c1-5-16-11-8-12(20-14(19-11)15(2,3)4)17-9-10-6-7-13(21)18-10/h8,10H,5-7,9H2,1-4H3,(H,18,21)(H2,16,17,19,20). The molecule has 1 aromatic rings. The van der Waals surface area contributed by atoms with Crippen LogP contribution in [-0.4, -0.2) is 35.0 Å². The summed E-state index contributed by atoms with van der Waals surface area (Å²) < 4.78 is 0. The smallest absolute Gasteiger partial charge is 0.220 e. The van der Waals surface area contributed by atoms with Crippen LogP contribution < -0.4 is 16.0 Å². The molecule has 21 heavy (non-hydrogen) atoms. The fourth-order valence-corrected chi connectivity index (χ4v) is 2.20. The molecule has 2 heterocycles. The van der Waals surface area contributed by atoms with Crippen LogP contribution in [0.15, 0.2) is 6.07 Å². The molecule has 0 spiro atoms. The minimum absolute atomic E-state index is 0.108. The molecule has 0 aliphatic carbocycles. The number of carbonyl (C=O) groups excluding carboxylic acids is 1. The Labute approximate surface area is 126 Å². The first kappa shape index (κ1) is 15.5. The third-order valence-corrected chi connectivity index (χ3v) is 3.37. The fourth-order valence-electron chi connectivity index (χ4n) is 2.20. The molecular formula is C15H25N5O. The van der Waals surface area contributed by atoms with Crippen LogP contribution >= 0.6 is 0 Å². The van der Waals surface area contributed by atoms with E-state index in [1.807, 2.05) is 13.0 Å². The Bertz CT molecular complexity index is 509. The Hall–Kier alpha value is -1.85. The van der Waals surface area contributed by atoms with E-state index in [0.717, 1.165) is 30.4 Å². The highest BCUT2D eigenvalue weighted by Gasteiger charge is 2.22. The fraction of sp³-hybridized carbons (Fsp3) is 0.667. The van der Waals surface area contributed by atoms with Crippen molar-refractivity contribution in [1.82, 2.24) is 15.3 Å². The van der Waals surface area contributed by atoms with Crippen LogP contribution in [0.2, 0.25) is 0 Å². The van der Waals surface area contributed by atoms with Crippen molar-refractivity contribution in [3.8, 4) is 0 Å². The summed E-state index contributed by atoms with van der Waals surface area (Å²) in [6.07, 6.45) is 1.50. The largest absolute Gasteiger partial charge is 0.370 e. The number of amides is 1. The summed E-state index contributed by atoms with van der Waals surface area (Å²) in [5.74, 6) is 2.56. The van der Waals surface area contributed by atoms with Gasteiger partial charge in [0.05, 0.1) is 0 Å². The van der Waals surface area contributed by atoms with E-state index in [1.54, 1.807) is 0 Å². The third kappa shape index (κ3) is 4.31. The number of hydrogen-bond donors (Lipinski definition) is 3. The molecule has 0 aromatic carbocycles. The molecule has 1 saturated heterocycles. The van der Waals surface area contributed by atoms with E-state index in [2.05, 4.69) is 46.7 Å². The molecule has 2 rings (SSSR count). The van der Waals surface area contributed by atoms with Gasteiger partial charge >= 0.3 is 0 Å². The summed E-state index contributed by atoms with van der Waals surface area (Å²) in [6.45, 7) is 9.84. The second-order valence-corrected chi connectivity index (χ2v) is 6.43. The van der Waals surface area contributed by atoms with E-state index in [0.29, 0.717) is 13.0 Å². The minimum atomic E-state index is -0.108. The van der Waals surface area contributed by atoms with Crippen molar-refractivity contribution in [2.45, 2.75) is 52.0 Å². The number of aromatic nitrogens is 2. The number of carbonyl (C=O) groups is 1. The van der Waals surface area contributed by atoms with Crippen molar-refractivity contribution < 1.29 is 4.79 Å². The van der Waals surface area contributed by atoms with Crippen molar-refractivity contribution in [3.05, 3.63) is 11.9 Å². The van der Waals surface area contributed by atoms with E-state index in [-0.39, 0.29) is 17.4 Å². The Morgan fingerprint density at radius 1 is 1.29 bits per heavy atom. The van der Waals surface area contributed by atoms with E-state index >= 15 is 0 Å². The average Bonchev–Trinajstić information content (AvgIpc) is 2.81. The molecule has 0 radical (unpaired) electrons. The van der Waals surface area contributed by atoms with Gasteiger partial charge in [-0.05, 0) is 13.3 Å². The molecule has 0 bridgehead atoms. The Balaban J connectivity index is 2.10. The Morgan fingerprint density at radius 2 is 1.95 bits per heavy atom. The highest BCUT2D eigenvalue weighted by atomic mass is 16.1. The lowest BCUT2D eigenvalue weighted by atomic mass is 9.96. The summed E-state index contributed by atoms with van der Waals surface area (Å²) in [4.78, 5) is 20.4. The monoisotopic (exact) mass is 291 g/mol. The predicted octanol–water partition coefficient (Wildman–Crippen LogP) is 1.90. The quantitative estimate of drug-likeness (QED) is 0.772. The second kappa shape index (κ2) is 6.28. The van der Waals surface area contributed by atoms with E-state index in [9.17, 15) is 4.79 Å². The molecule has 1 unspecified atom stereocenters. The van der Waals surface area contributed by atoms with Crippen LogP contribution in [0.1, 0.15) is 46.4 Å². The number of nitrogens with one attached hydrogen (secondary N) is 3. The summed E-state index contributed by atoms with van der Waals surface area (Å²) >= 11 is 0. The molecule has 6 heteroatoms. The van der Waals surface area contributed by atoms with Crippen LogP contribution in [0.3, 0.4) is 0 Å². The SMILES string of the molecule is CCNc1cc(NCC2CCC(=O)N2)nc(C(C)(C)C)n1. The lowest BCUT2D eigenvalue weighted by Gasteiger charge is -2.20. The van der Waals surface area contributed by atoms with Gasteiger partial charge in [-0.3, -0.25) is 4.79 Å². The molecule has 1 atom stereocenters. The zero-order chi connectivity index (χ0) is 15.5. The molecule has 1 aromatic heterocycles. The van der Waals surface area contributed by atoms with Crippen LogP contribution in [0.5, 0.6) is 0 Å². The van der Waals surface area contributed by atoms with Gasteiger partial charge < -0.3 is 16.0 Å². The first-order chi connectivity index (χ1) is 9.88. The van der Waals surface area contributed by atoms with Gasteiger partial charge in [0.2, 0.25) is 5.91 Å². The summed E-state index contributed by atoms with van der Waals surface area (Å²) in [7, 11) is 0. The van der Waals surface area contributed by atoms with Gasteiger partial charge in [-0.15, -0.1) is 0 Å². The third-order valence-electron chi connectivity index (χ3n) is 3.37. The molecule has 1 aliphatic rings. The maximum Gasteiger partial charge on any atom is 0.220 e. The molecule has 0 saturated carbocycles. The first-order valence-corrected chi connectivity index (χ1v) is 7.55. The predicted molar refractivity (Wildman–Crippen MR) is 84.6 cm³/mol. The Kier molecular flexibility index (Phi) is 4.65. The number of hydrogen-bond acceptors (Lipinski definition) is 5. The average molecular weight is 291 g/mol. The first-order valence-electron chi connectivity index (χ1n) is 7.55. The van der Waals surface area contributed by atoms with Crippen LogP contribution in [0.25, 0.3) is 0 Å². The summed E-state index contributed by atoms with van der Waals surface area (Å²) in [5.41, 5.74) is -0.108. The lowest BCUT2D eigenvalue weighted by molar-refractivity contribution is -0.119. The summed E-state index contributed by atoms with van der Waals surface area (Å²) in [5, 5.41) is 9.50. The highest BCUT2D eigenvalue weighted by molar-refractivity contribution is 5.78. The van der Waals surface area contributed by atoms with Gasteiger partial charge in [-0.2, -0.15) is 0 Å². The van der Waals surface area contributed by atoms with Crippen molar-refractivity contribution in [3.63, 3.8) is 0 Å². The van der Waals surface area contributed by atoms with Crippen molar-refractivity contribution in [2.75, 3.05) is 23.7 Å². The molecular weight excluding hydrogens is 266 g/mol. The van der Waals surface area contributed by atoms with E-state index in [1.165, 1.54) is 0 Å². The van der Waals surface area contributed by atoms with Gasteiger partial charge in [-0.25, -0.2) is 9.97 Å². The Morgan fingerprint density at radius 3 is 2.48 bits per heavy atom. The number of rotatable bonds is 5. The van der Waals surface area contributed by atoms with Crippen molar-refractivity contribution in [1.29, 1.82) is 0 Å². The molecule has 1 aliphatic heterocycles. The maximum atomic E-state index is 11.2. The van der Waals surface area contributed by atoms with Crippen LogP contribution in [0.4, 0.5) is 11.6 Å². The van der Waals surface area contributed by atoms with Crippen molar-refractivity contribution in [2.24, 2.45) is 0 Å². The van der Waals surface area contributed by atoms with Gasteiger partial charge in [0.25, 0.3) is 0 Å². The normalized spacial score (nSPS) is 18.5. The lowest BCUT2D eigenvalue weighted by Crippen LogP contribution is -2.32. The van der Waals surface area contributed by atoms with Crippen LogP contribution in [-0.2, 0) is 10.2 Å². The second-order valence-electron chi connectivity index (χ2n) is 6.43. The van der Waals surface area contributed by atoms with Gasteiger partial charge in [0.1, 0.15) is 17.5 Å². The van der Waals surface area contributed by atoms with Gasteiger partial charge in [0, 0.05) is 37.0 Å². The molecule has 1 amide bonds.